The summed E-state index contributed by atoms with van der Waals surface area (Å²) in [4.78, 5) is 26.7. The van der Waals surface area contributed by atoms with Crippen LogP contribution in [0, 0.1) is 5.92 Å². The topological polar surface area (TPSA) is 58.6 Å². The van der Waals surface area contributed by atoms with Gasteiger partial charge in [-0.1, -0.05) is 11.6 Å². The molecule has 6 heteroatoms. The lowest BCUT2D eigenvalue weighted by atomic mass is 9.96. The van der Waals surface area contributed by atoms with Gasteiger partial charge in [-0.3, -0.25) is 9.59 Å². The molecule has 0 radical (unpaired) electrons. The lowest BCUT2D eigenvalue weighted by molar-refractivity contribution is -0.121. The fourth-order valence-corrected chi connectivity index (χ4v) is 3.36. The Morgan fingerprint density at radius 2 is 1.85 bits per heavy atom. The normalized spacial score (nSPS) is 15.4. The van der Waals surface area contributed by atoms with E-state index in [4.69, 9.17) is 16.3 Å². The average Bonchev–Trinajstić information content (AvgIpc) is 2.68. The van der Waals surface area contributed by atoms with Gasteiger partial charge >= 0.3 is 0 Å². The maximum atomic E-state index is 12.6. The number of nitrogens with one attached hydrogen (secondary N) is 1. The van der Waals surface area contributed by atoms with E-state index >= 15 is 0 Å². The summed E-state index contributed by atoms with van der Waals surface area (Å²) < 4.78 is 5.68. The highest BCUT2D eigenvalue weighted by molar-refractivity contribution is 6.30. The molecule has 1 aliphatic heterocycles. The zero-order chi connectivity index (χ0) is 19.4. The molecule has 1 heterocycles. The predicted molar refractivity (Wildman–Crippen MR) is 106 cm³/mol. The van der Waals surface area contributed by atoms with E-state index in [0.29, 0.717) is 42.4 Å². The van der Waals surface area contributed by atoms with Crippen LogP contribution in [0.3, 0.4) is 0 Å². The van der Waals surface area contributed by atoms with Crippen LogP contribution in [0.1, 0.15) is 29.8 Å². The van der Waals surface area contributed by atoms with Crippen LogP contribution in [-0.2, 0) is 11.2 Å². The molecule has 0 saturated carbocycles. The van der Waals surface area contributed by atoms with Gasteiger partial charge in [-0.25, -0.2) is 0 Å². The predicted octanol–water partition coefficient (Wildman–Crippen LogP) is 4.01. The molecule has 2 aromatic rings. The van der Waals surface area contributed by atoms with Gasteiger partial charge in [0.1, 0.15) is 12.4 Å². The van der Waals surface area contributed by atoms with E-state index in [1.54, 1.807) is 35.2 Å². The number of rotatable bonds is 5. The number of nitrogens with zero attached hydrogens (tertiary/aromatic N) is 1. The minimum atomic E-state index is -0.284. The lowest BCUT2D eigenvalue weighted by Crippen LogP contribution is -2.32. The van der Waals surface area contributed by atoms with Gasteiger partial charge in [0.25, 0.3) is 5.91 Å². The lowest BCUT2D eigenvalue weighted by Gasteiger charge is -2.24. The minimum Gasteiger partial charge on any atom is -0.492 e. The molecule has 0 spiro atoms. The van der Waals surface area contributed by atoms with E-state index in [-0.39, 0.29) is 17.7 Å². The van der Waals surface area contributed by atoms with Crippen molar-refractivity contribution in [2.45, 2.75) is 20.3 Å². The Bertz CT molecular complexity index is 832. The van der Waals surface area contributed by atoms with Gasteiger partial charge in [-0.15, -0.1) is 0 Å². The van der Waals surface area contributed by atoms with E-state index in [0.717, 1.165) is 11.3 Å². The molecule has 27 heavy (non-hydrogen) atoms. The van der Waals surface area contributed by atoms with Gasteiger partial charge < -0.3 is 15.0 Å². The quantitative estimate of drug-likeness (QED) is 0.844. The number of hydrogen-bond acceptors (Lipinski definition) is 3. The van der Waals surface area contributed by atoms with Crippen molar-refractivity contribution >= 4 is 29.1 Å². The summed E-state index contributed by atoms with van der Waals surface area (Å²) in [7, 11) is 0. The fraction of sp³-hybridized carbons (Fsp3) is 0.333. The Labute approximate surface area is 164 Å². The highest BCUT2D eigenvalue weighted by Gasteiger charge is 2.26. The fourth-order valence-electron chi connectivity index (χ4n) is 3.17. The maximum Gasteiger partial charge on any atom is 0.253 e. The van der Waals surface area contributed by atoms with Crippen molar-refractivity contribution < 1.29 is 14.3 Å². The third-order valence-electron chi connectivity index (χ3n) is 4.75. The summed E-state index contributed by atoms with van der Waals surface area (Å²) >= 11 is 6.03. The van der Waals surface area contributed by atoms with Crippen LogP contribution < -0.4 is 10.1 Å². The third-order valence-corrected chi connectivity index (χ3v) is 4.98. The number of carbonyl (C=O) groups excluding carboxylic acids is 2. The molecule has 0 aliphatic carbocycles. The molecule has 0 bridgehead atoms. The van der Waals surface area contributed by atoms with E-state index in [1.807, 2.05) is 26.0 Å². The molecule has 142 valence electrons. The van der Waals surface area contributed by atoms with Crippen LogP contribution in [0.4, 0.5) is 5.69 Å². The van der Waals surface area contributed by atoms with E-state index in [2.05, 4.69) is 5.32 Å². The Hall–Kier alpha value is -2.53. The zero-order valence-electron chi connectivity index (χ0n) is 15.5. The highest BCUT2D eigenvalue weighted by Crippen LogP contribution is 2.30. The maximum absolute atomic E-state index is 12.6. The number of carbonyl (C=O) groups is 2. The molecule has 1 aliphatic rings. The second-order valence-electron chi connectivity index (χ2n) is 6.51. The SMILES string of the molecule is CCN(CC)C(=O)c1ccc(NC(=O)[C@H]2COc3ccc(Cl)cc3C2)cc1. The molecule has 2 amide bonds. The van der Waals surface area contributed by atoms with Gasteiger partial charge in [-0.05, 0) is 68.3 Å². The van der Waals surface area contributed by atoms with Crippen molar-refractivity contribution in [1.82, 2.24) is 4.90 Å². The number of anilines is 1. The Balaban J connectivity index is 1.64. The molecular formula is C21H23ClN2O3. The van der Waals surface area contributed by atoms with Gasteiger partial charge in [0, 0.05) is 29.4 Å². The van der Waals surface area contributed by atoms with Gasteiger partial charge in [0.05, 0.1) is 5.92 Å². The summed E-state index contributed by atoms with van der Waals surface area (Å²) in [5.74, 6) is 0.381. The smallest absolute Gasteiger partial charge is 0.253 e. The van der Waals surface area contributed by atoms with E-state index in [1.165, 1.54) is 0 Å². The second-order valence-corrected chi connectivity index (χ2v) is 6.94. The number of benzene rings is 2. The third kappa shape index (κ3) is 4.42. The van der Waals surface area contributed by atoms with Crippen LogP contribution in [-0.4, -0.2) is 36.4 Å². The largest absolute Gasteiger partial charge is 0.492 e. The number of amides is 2. The monoisotopic (exact) mass is 386 g/mol. The molecule has 1 atom stereocenters. The molecule has 0 aromatic heterocycles. The Kier molecular flexibility index (Phi) is 6.01. The van der Waals surface area contributed by atoms with Crippen molar-refractivity contribution in [2.24, 2.45) is 5.92 Å². The first kappa shape index (κ1) is 19.2. The highest BCUT2D eigenvalue weighted by atomic mass is 35.5. The second kappa shape index (κ2) is 8.44. The summed E-state index contributed by atoms with van der Waals surface area (Å²) in [6.45, 7) is 5.57. The van der Waals surface area contributed by atoms with Gasteiger partial charge in [0.15, 0.2) is 0 Å². The molecule has 0 saturated heterocycles. The molecule has 3 rings (SSSR count). The van der Waals surface area contributed by atoms with Crippen LogP contribution in [0.25, 0.3) is 0 Å². The minimum absolute atomic E-state index is 0.00737. The number of ether oxygens (including phenoxy) is 1. The number of halogens is 1. The molecule has 2 aromatic carbocycles. The summed E-state index contributed by atoms with van der Waals surface area (Å²) in [6.07, 6.45) is 0.584. The zero-order valence-corrected chi connectivity index (χ0v) is 16.3. The standard InChI is InChI=1S/C21H23ClN2O3/c1-3-24(4-2)21(26)14-5-8-18(9-6-14)23-20(25)16-11-15-12-17(22)7-10-19(15)27-13-16/h5-10,12,16H,3-4,11,13H2,1-2H3,(H,23,25)/t16-/m1/s1. The Morgan fingerprint density at radius 3 is 2.52 bits per heavy atom. The van der Waals surface area contributed by atoms with Gasteiger partial charge in [-0.2, -0.15) is 0 Å². The van der Waals surface area contributed by atoms with Crippen LogP contribution >= 0.6 is 11.6 Å². The average molecular weight is 387 g/mol. The molecule has 1 N–H and O–H groups in total. The number of hydrogen-bond donors (Lipinski definition) is 1. The summed E-state index contributed by atoms with van der Waals surface area (Å²) in [5, 5.41) is 3.53. The first-order valence-electron chi connectivity index (χ1n) is 9.13. The molecule has 5 nitrogen and oxygen atoms in total. The van der Waals surface area contributed by atoms with Crippen molar-refractivity contribution in [3.8, 4) is 5.75 Å². The first-order valence-corrected chi connectivity index (χ1v) is 9.51. The summed E-state index contributed by atoms with van der Waals surface area (Å²) in [5.41, 5.74) is 2.21. The van der Waals surface area contributed by atoms with Crippen LogP contribution in [0.15, 0.2) is 42.5 Å². The van der Waals surface area contributed by atoms with Crippen molar-refractivity contribution in [3.05, 3.63) is 58.6 Å². The van der Waals surface area contributed by atoms with E-state index < -0.39 is 0 Å². The molecule has 0 unspecified atom stereocenters. The van der Waals surface area contributed by atoms with Gasteiger partial charge in [0.2, 0.25) is 5.91 Å². The molecule has 0 fully saturated rings. The van der Waals surface area contributed by atoms with Crippen LogP contribution in [0.2, 0.25) is 5.02 Å². The Morgan fingerprint density at radius 1 is 1.15 bits per heavy atom. The van der Waals surface area contributed by atoms with Crippen LogP contribution in [0.5, 0.6) is 5.75 Å². The van der Waals surface area contributed by atoms with Crippen molar-refractivity contribution in [2.75, 3.05) is 25.0 Å². The van der Waals surface area contributed by atoms with Crippen molar-refractivity contribution in [3.63, 3.8) is 0 Å². The van der Waals surface area contributed by atoms with Crippen molar-refractivity contribution in [1.29, 1.82) is 0 Å². The number of fused-ring (bicyclic) bond motifs is 1. The van der Waals surface area contributed by atoms with E-state index in [9.17, 15) is 9.59 Å². The first-order chi connectivity index (χ1) is 13.0. The summed E-state index contributed by atoms with van der Waals surface area (Å²) in [6, 6.07) is 12.4. The molecular weight excluding hydrogens is 364 g/mol.